The minimum absolute atomic E-state index is 0.0192. The molecule has 0 aliphatic rings. The summed E-state index contributed by atoms with van der Waals surface area (Å²) in [5.74, 6) is -1.20. The Labute approximate surface area is 111 Å². The Morgan fingerprint density at radius 2 is 2.22 bits per heavy atom. The van der Waals surface area contributed by atoms with Crippen LogP contribution in [0.5, 0.6) is 0 Å². The number of hydrogen-bond donors (Lipinski definition) is 1. The van der Waals surface area contributed by atoms with Crippen molar-refractivity contribution in [1.29, 1.82) is 0 Å². The van der Waals surface area contributed by atoms with Crippen LogP contribution in [0.4, 0.5) is 0 Å². The Morgan fingerprint density at radius 1 is 1.56 bits per heavy atom. The number of thiazole rings is 1. The van der Waals surface area contributed by atoms with E-state index in [9.17, 15) is 13.2 Å². The van der Waals surface area contributed by atoms with Crippen LogP contribution < -0.4 is 0 Å². The van der Waals surface area contributed by atoms with Crippen molar-refractivity contribution < 1.29 is 18.3 Å². The summed E-state index contributed by atoms with van der Waals surface area (Å²) in [7, 11) is -3.37. The SMILES string of the molecule is CS(=O)(=O)c1cnn(-c2nc(Cl)c(C(=O)O)s2)c1. The summed E-state index contributed by atoms with van der Waals surface area (Å²) >= 11 is 6.45. The second-order valence-electron chi connectivity index (χ2n) is 3.31. The Morgan fingerprint density at radius 3 is 2.67 bits per heavy atom. The summed E-state index contributed by atoms with van der Waals surface area (Å²) in [5.41, 5.74) is 0. The lowest BCUT2D eigenvalue weighted by Crippen LogP contribution is -1.95. The van der Waals surface area contributed by atoms with Gasteiger partial charge in [0.15, 0.2) is 19.9 Å². The van der Waals surface area contributed by atoms with Gasteiger partial charge in [-0.2, -0.15) is 5.10 Å². The van der Waals surface area contributed by atoms with E-state index in [0.717, 1.165) is 23.8 Å². The van der Waals surface area contributed by atoms with E-state index in [0.29, 0.717) is 0 Å². The molecule has 0 radical (unpaired) electrons. The molecule has 0 fully saturated rings. The van der Waals surface area contributed by atoms with E-state index in [2.05, 4.69) is 10.1 Å². The summed E-state index contributed by atoms with van der Waals surface area (Å²) in [6, 6.07) is 0. The van der Waals surface area contributed by atoms with Crippen LogP contribution in [0.15, 0.2) is 17.3 Å². The first-order valence-corrected chi connectivity index (χ1v) is 7.52. The number of aromatic carboxylic acids is 1. The summed E-state index contributed by atoms with van der Waals surface area (Å²) < 4.78 is 23.7. The molecular weight excluding hydrogens is 302 g/mol. The topological polar surface area (TPSA) is 102 Å². The number of sulfone groups is 1. The highest BCUT2D eigenvalue weighted by Gasteiger charge is 2.18. The molecule has 0 saturated heterocycles. The van der Waals surface area contributed by atoms with E-state index in [1.807, 2.05) is 0 Å². The Hall–Kier alpha value is -1.45. The van der Waals surface area contributed by atoms with Gasteiger partial charge in [-0.15, -0.1) is 0 Å². The molecule has 18 heavy (non-hydrogen) atoms. The summed E-state index contributed by atoms with van der Waals surface area (Å²) in [5, 5.41) is 12.7. The molecule has 2 heterocycles. The van der Waals surface area contributed by atoms with E-state index in [1.165, 1.54) is 10.9 Å². The number of carboxylic acid groups (broad SMARTS) is 1. The third-order valence-electron chi connectivity index (χ3n) is 1.95. The fourth-order valence-corrected chi connectivity index (χ4v) is 2.71. The van der Waals surface area contributed by atoms with E-state index < -0.39 is 15.8 Å². The maximum Gasteiger partial charge on any atom is 0.349 e. The maximum atomic E-state index is 11.3. The number of halogens is 1. The van der Waals surface area contributed by atoms with Crippen molar-refractivity contribution in [3.63, 3.8) is 0 Å². The lowest BCUT2D eigenvalue weighted by molar-refractivity contribution is 0.0702. The fourth-order valence-electron chi connectivity index (χ4n) is 1.12. The largest absolute Gasteiger partial charge is 0.477 e. The van der Waals surface area contributed by atoms with Gasteiger partial charge in [-0.05, 0) is 0 Å². The molecule has 96 valence electrons. The van der Waals surface area contributed by atoms with Crippen molar-refractivity contribution in [2.24, 2.45) is 0 Å². The first kappa shape index (κ1) is 13.0. The van der Waals surface area contributed by atoms with Crippen LogP contribution in [0.1, 0.15) is 9.67 Å². The molecule has 0 aliphatic heterocycles. The molecule has 0 saturated carbocycles. The van der Waals surface area contributed by atoms with Crippen molar-refractivity contribution in [1.82, 2.24) is 14.8 Å². The van der Waals surface area contributed by atoms with Gasteiger partial charge in [-0.1, -0.05) is 22.9 Å². The zero-order chi connectivity index (χ0) is 13.5. The molecule has 0 atom stereocenters. The molecule has 7 nitrogen and oxygen atoms in total. The molecule has 1 N–H and O–H groups in total. The first-order valence-electron chi connectivity index (χ1n) is 4.44. The molecule has 0 bridgehead atoms. The first-order chi connectivity index (χ1) is 8.29. The molecule has 0 aromatic carbocycles. The molecule has 0 amide bonds. The fraction of sp³-hybridized carbons (Fsp3) is 0.125. The van der Waals surface area contributed by atoms with Crippen molar-refractivity contribution in [3.05, 3.63) is 22.4 Å². The predicted octanol–water partition coefficient (Wildman–Crippen LogP) is 1.08. The highest BCUT2D eigenvalue weighted by atomic mass is 35.5. The summed E-state index contributed by atoms with van der Waals surface area (Å²) in [4.78, 5) is 14.5. The lowest BCUT2D eigenvalue weighted by atomic mass is 10.6. The number of carbonyl (C=O) groups is 1. The average molecular weight is 308 g/mol. The van der Waals surface area contributed by atoms with Gasteiger partial charge in [0.1, 0.15) is 4.90 Å². The number of aromatic nitrogens is 3. The number of nitrogens with zero attached hydrogens (tertiary/aromatic N) is 3. The van der Waals surface area contributed by atoms with E-state index in [4.69, 9.17) is 16.7 Å². The van der Waals surface area contributed by atoms with E-state index >= 15 is 0 Å². The van der Waals surface area contributed by atoms with Gasteiger partial charge < -0.3 is 5.11 Å². The van der Waals surface area contributed by atoms with Crippen LogP contribution in [0.3, 0.4) is 0 Å². The molecule has 0 spiro atoms. The van der Waals surface area contributed by atoms with Crippen LogP contribution in [-0.4, -0.2) is 40.5 Å². The van der Waals surface area contributed by atoms with Crippen LogP contribution in [-0.2, 0) is 9.84 Å². The van der Waals surface area contributed by atoms with Gasteiger partial charge in [0.05, 0.1) is 12.4 Å². The lowest BCUT2D eigenvalue weighted by Gasteiger charge is -1.92. The standard InChI is InChI=1S/C8H6ClN3O4S2/c1-18(15,16)4-2-10-12(3-4)8-11-6(9)5(17-8)7(13)14/h2-3H,1H3,(H,13,14). The van der Waals surface area contributed by atoms with Crippen molar-refractivity contribution in [2.75, 3.05) is 6.26 Å². The molecule has 0 unspecified atom stereocenters. The second kappa shape index (κ2) is 4.34. The third-order valence-corrected chi connectivity index (χ3v) is 4.44. The van der Waals surface area contributed by atoms with Crippen molar-refractivity contribution >= 4 is 38.7 Å². The normalized spacial score (nSPS) is 11.7. The minimum Gasteiger partial charge on any atom is -0.477 e. The third kappa shape index (κ3) is 2.37. The number of hydrogen-bond acceptors (Lipinski definition) is 6. The zero-order valence-electron chi connectivity index (χ0n) is 8.86. The van der Waals surface area contributed by atoms with Gasteiger partial charge in [0.2, 0.25) is 5.13 Å². The zero-order valence-corrected chi connectivity index (χ0v) is 11.3. The second-order valence-corrected chi connectivity index (χ2v) is 6.67. The number of carboxylic acids is 1. The van der Waals surface area contributed by atoms with Gasteiger partial charge in [0.25, 0.3) is 0 Å². The highest BCUT2D eigenvalue weighted by Crippen LogP contribution is 2.25. The Balaban J connectivity index is 2.47. The van der Waals surface area contributed by atoms with Crippen LogP contribution in [0, 0.1) is 0 Å². The smallest absolute Gasteiger partial charge is 0.349 e. The molecular formula is C8H6ClN3O4S2. The highest BCUT2D eigenvalue weighted by molar-refractivity contribution is 7.90. The quantitative estimate of drug-likeness (QED) is 0.910. The van der Waals surface area contributed by atoms with Gasteiger partial charge in [-0.3, -0.25) is 0 Å². The van der Waals surface area contributed by atoms with Gasteiger partial charge >= 0.3 is 5.97 Å². The maximum absolute atomic E-state index is 11.3. The van der Waals surface area contributed by atoms with Crippen LogP contribution in [0.2, 0.25) is 5.15 Å². The Bertz CT molecular complexity index is 719. The van der Waals surface area contributed by atoms with Crippen LogP contribution >= 0.6 is 22.9 Å². The van der Waals surface area contributed by atoms with E-state index in [1.54, 1.807) is 0 Å². The molecule has 2 rings (SSSR count). The van der Waals surface area contributed by atoms with E-state index in [-0.39, 0.29) is 20.1 Å². The summed E-state index contributed by atoms with van der Waals surface area (Å²) in [6.45, 7) is 0. The van der Waals surface area contributed by atoms with Gasteiger partial charge in [-0.25, -0.2) is 22.9 Å². The average Bonchev–Trinajstić information content (AvgIpc) is 2.81. The Kier molecular flexibility index (Phi) is 3.13. The van der Waals surface area contributed by atoms with Gasteiger partial charge in [0, 0.05) is 6.26 Å². The molecule has 10 heteroatoms. The molecule has 2 aromatic heterocycles. The predicted molar refractivity (Wildman–Crippen MR) is 64.3 cm³/mol. The van der Waals surface area contributed by atoms with Crippen molar-refractivity contribution in [3.8, 4) is 5.13 Å². The minimum atomic E-state index is -3.37. The van der Waals surface area contributed by atoms with Crippen molar-refractivity contribution in [2.45, 2.75) is 4.90 Å². The number of rotatable bonds is 3. The molecule has 0 aliphatic carbocycles. The van der Waals surface area contributed by atoms with Crippen LogP contribution in [0.25, 0.3) is 5.13 Å². The summed E-state index contributed by atoms with van der Waals surface area (Å²) in [6.07, 6.45) is 3.45. The molecule has 2 aromatic rings. The monoisotopic (exact) mass is 307 g/mol.